The zero-order valence-electron chi connectivity index (χ0n) is 8.84. The quantitative estimate of drug-likeness (QED) is 0.834. The second kappa shape index (κ2) is 4.14. The molecule has 3 nitrogen and oxygen atoms in total. The maximum Gasteiger partial charge on any atom is 0.354 e. The molecule has 0 aliphatic rings. The van der Waals surface area contributed by atoms with E-state index in [2.05, 4.69) is 4.98 Å². The molecule has 2 aromatic rings. The van der Waals surface area contributed by atoms with Gasteiger partial charge in [0.15, 0.2) is 0 Å². The highest BCUT2D eigenvalue weighted by molar-refractivity contribution is 5.85. The van der Waals surface area contributed by atoms with E-state index in [4.69, 9.17) is 5.11 Å². The number of hydrogen-bond acceptors (Lipinski definition) is 2. The van der Waals surface area contributed by atoms with Crippen LogP contribution in [0.25, 0.3) is 11.1 Å². The maximum absolute atomic E-state index is 10.6. The first kappa shape index (κ1) is 10.4. The van der Waals surface area contributed by atoms with E-state index < -0.39 is 5.97 Å². The highest BCUT2D eigenvalue weighted by Crippen LogP contribution is 2.18. The Kier molecular flexibility index (Phi) is 2.68. The number of carboxylic acid groups (broad SMARTS) is 1. The van der Waals surface area contributed by atoms with Crippen molar-refractivity contribution in [2.45, 2.75) is 6.92 Å². The van der Waals surface area contributed by atoms with Crippen molar-refractivity contribution in [2.24, 2.45) is 0 Å². The summed E-state index contributed by atoms with van der Waals surface area (Å²) in [5, 5.41) is 8.72. The largest absolute Gasteiger partial charge is 0.477 e. The zero-order chi connectivity index (χ0) is 11.5. The van der Waals surface area contributed by atoms with Crippen LogP contribution in [0.4, 0.5) is 0 Å². The second-order valence-electron chi connectivity index (χ2n) is 3.60. The van der Waals surface area contributed by atoms with E-state index in [-0.39, 0.29) is 5.69 Å². The molecule has 1 heterocycles. The average Bonchev–Trinajstić information content (AvgIpc) is 2.30. The maximum atomic E-state index is 10.6. The number of nitrogens with zero attached hydrogens (tertiary/aromatic N) is 1. The normalized spacial score (nSPS) is 10.1. The van der Waals surface area contributed by atoms with Crippen molar-refractivity contribution >= 4 is 5.97 Å². The Bertz CT molecular complexity index is 500. The predicted octanol–water partition coefficient (Wildman–Crippen LogP) is 2.76. The molecule has 0 atom stereocenters. The SMILES string of the molecule is Cc1ccc(-c2ccc(C(=O)O)nc2)cc1. The van der Waals surface area contributed by atoms with Crippen LogP contribution in [0, 0.1) is 6.92 Å². The van der Waals surface area contributed by atoms with Crippen molar-refractivity contribution in [3.8, 4) is 11.1 Å². The summed E-state index contributed by atoms with van der Waals surface area (Å²) in [7, 11) is 0. The Hall–Kier alpha value is -2.16. The van der Waals surface area contributed by atoms with Gasteiger partial charge in [-0.1, -0.05) is 35.9 Å². The Morgan fingerprint density at radius 2 is 1.69 bits per heavy atom. The summed E-state index contributed by atoms with van der Waals surface area (Å²) in [5.74, 6) is -1.00. The van der Waals surface area contributed by atoms with Crippen LogP contribution in [0.3, 0.4) is 0 Å². The van der Waals surface area contributed by atoms with Crippen molar-refractivity contribution in [3.63, 3.8) is 0 Å². The van der Waals surface area contributed by atoms with Crippen LogP contribution in [-0.2, 0) is 0 Å². The molecule has 0 amide bonds. The molecule has 1 aromatic carbocycles. The molecule has 2 rings (SSSR count). The van der Waals surface area contributed by atoms with Crippen LogP contribution in [-0.4, -0.2) is 16.1 Å². The lowest BCUT2D eigenvalue weighted by atomic mass is 10.1. The smallest absolute Gasteiger partial charge is 0.354 e. The van der Waals surface area contributed by atoms with Crippen LogP contribution in [0.1, 0.15) is 16.1 Å². The van der Waals surface area contributed by atoms with Gasteiger partial charge in [0.1, 0.15) is 5.69 Å². The lowest BCUT2D eigenvalue weighted by Gasteiger charge is -2.02. The number of rotatable bonds is 2. The van der Waals surface area contributed by atoms with Gasteiger partial charge in [0.2, 0.25) is 0 Å². The fraction of sp³-hybridized carbons (Fsp3) is 0.0769. The monoisotopic (exact) mass is 213 g/mol. The molecule has 0 unspecified atom stereocenters. The van der Waals surface area contributed by atoms with Crippen molar-refractivity contribution in [1.82, 2.24) is 4.98 Å². The molecular formula is C13H11NO2. The molecule has 80 valence electrons. The number of aromatic carboxylic acids is 1. The number of pyridine rings is 1. The van der Waals surface area contributed by atoms with Gasteiger partial charge >= 0.3 is 5.97 Å². The molecule has 3 heteroatoms. The molecule has 0 bridgehead atoms. The second-order valence-corrected chi connectivity index (χ2v) is 3.60. The molecule has 16 heavy (non-hydrogen) atoms. The highest BCUT2D eigenvalue weighted by Gasteiger charge is 2.04. The first-order chi connectivity index (χ1) is 7.66. The third kappa shape index (κ3) is 2.08. The van der Waals surface area contributed by atoms with Crippen molar-refractivity contribution < 1.29 is 9.90 Å². The van der Waals surface area contributed by atoms with Crippen LogP contribution in [0.5, 0.6) is 0 Å². The average molecular weight is 213 g/mol. The van der Waals surface area contributed by atoms with Gasteiger partial charge in [-0.05, 0) is 18.6 Å². The molecule has 0 fully saturated rings. The fourth-order valence-corrected chi connectivity index (χ4v) is 1.44. The lowest BCUT2D eigenvalue weighted by Crippen LogP contribution is -1.99. The van der Waals surface area contributed by atoms with Gasteiger partial charge in [-0.25, -0.2) is 9.78 Å². The van der Waals surface area contributed by atoms with Crippen LogP contribution in [0.2, 0.25) is 0 Å². The van der Waals surface area contributed by atoms with Crippen molar-refractivity contribution in [1.29, 1.82) is 0 Å². The first-order valence-electron chi connectivity index (χ1n) is 4.93. The summed E-state index contributed by atoms with van der Waals surface area (Å²) >= 11 is 0. The molecule has 0 aliphatic heterocycles. The van der Waals surface area contributed by atoms with Gasteiger partial charge in [0.05, 0.1) is 0 Å². The summed E-state index contributed by atoms with van der Waals surface area (Å²) in [5.41, 5.74) is 3.22. The molecule has 0 aliphatic carbocycles. The van der Waals surface area contributed by atoms with Crippen LogP contribution in [0.15, 0.2) is 42.6 Å². The Morgan fingerprint density at radius 1 is 1.06 bits per heavy atom. The Balaban J connectivity index is 2.34. The molecular weight excluding hydrogens is 202 g/mol. The zero-order valence-corrected chi connectivity index (χ0v) is 8.84. The van der Waals surface area contributed by atoms with Gasteiger partial charge in [0.25, 0.3) is 0 Å². The van der Waals surface area contributed by atoms with Gasteiger partial charge < -0.3 is 5.11 Å². The van der Waals surface area contributed by atoms with Gasteiger partial charge in [-0.2, -0.15) is 0 Å². The summed E-state index contributed by atoms with van der Waals surface area (Å²) in [6.45, 7) is 2.02. The van der Waals surface area contributed by atoms with Crippen molar-refractivity contribution in [2.75, 3.05) is 0 Å². The number of carbonyl (C=O) groups is 1. The fourth-order valence-electron chi connectivity index (χ4n) is 1.44. The van der Waals surface area contributed by atoms with Gasteiger partial charge in [-0.3, -0.25) is 0 Å². The summed E-state index contributed by atoms with van der Waals surface area (Å²) in [6, 6.07) is 11.3. The minimum absolute atomic E-state index is 0.0656. The molecule has 0 radical (unpaired) electrons. The van der Waals surface area contributed by atoms with E-state index in [1.165, 1.54) is 11.6 Å². The van der Waals surface area contributed by atoms with E-state index in [1.807, 2.05) is 31.2 Å². The van der Waals surface area contributed by atoms with Crippen LogP contribution < -0.4 is 0 Å². The number of carboxylic acids is 1. The Morgan fingerprint density at radius 3 is 2.19 bits per heavy atom. The number of hydrogen-bond donors (Lipinski definition) is 1. The van der Waals surface area contributed by atoms with E-state index in [0.29, 0.717) is 0 Å². The van der Waals surface area contributed by atoms with Gasteiger partial charge in [0, 0.05) is 11.8 Å². The summed E-state index contributed by atoms with van der Waals surface area (Å²) in [4.78, 5) is 14.5. The van der Waals surface area contributed by atoms with E-state index in [0.717, 1.165) is 11.1 Å². The topological polar surface area (TPSA) is 50.2 Å². The van der Waals surface area contributed by atoms with E-state index in [1.54, 1.807) is 12.3 Å². The number of benzene rings is 1. The summed E-state index contributed by atoms with van der Waals surface area (Å²) in [6.07, 6.45) is 1.58. The number of aryl methyl sites for hydroxylation is 1. The predicted molar refractivity (Wildman–Crippen MR) is 61.4 cm³/mol. The minimum Gasteiger partial charge on any atom is -0.477 e. The van der Waals surface area contributed by atoms with E-state index >= 15 is 0 Å². The Labute approximate surface area is 93.4 Å². The molecule has 1 aromatic heterocycles. The molecule has 1 N–H and O–H groups in total. The molecule has 0 saturated carbocycles. The lowest BCUT2D eigenvalue weighted by molar-refractivity contribution is 0.0690. The van der Waals surface area contributed by atoms with Crippen molar-refractivity contribution in [3.05, 3.63) is 53.9 Å². The molecule has 0 saturated heterocycles. The minimum atomic E-state index is -1.00. The van der Waals surface area contributed by atoms with E-state index in [9.17, 15) is 4.79 Å². The highest BCUT2D eigenvalue weighted by atomic mass is 16.4. The van der Waals surface area contributed by atoms with Gasteiger partial charge in [-0.15, -0.1) is 0 Å². The first-order valence-corrected chi connectivity index (χ1v) is 4.93. The third-order valence-electron chi connectivity index (χ3n) is 2.37. The molecule has 0 spiro atoms. The number of aromatic nitrogens is 1. The third-order valence-corrected chi connectivity index (χ3v) is 2.37. The standard InChI is InChI=1S/C13H11NO2/c1-9-2-4-10(5-3-9)11-6-7-12(13(15)16)14-8-11/h2-8H,1H3,(H,15,16). The van der Waals surface area contributed by atoms with Crippen LogP contribution >= 0.6 is 0 Å². The summed E-state index contributed by atoms with van der Waals surface area (Å²) < 4.78 is 0.